The maximum Gasteiger partial charge on any atom is 0.0210 e. The van der Waals surface area contributed by atoms with Crippen molar-refractivity contribution in [3.63, 3.8) is 0 Å². The second kappa shape index (κ2) is 7.26. The highest BCUT2D eigenvalue weighted by atomic mass is 79.9. The van der Waals surface area contributed by atoms with Crippen LogP contribution in [0.5, 0.6) is 0 Å². The molecule has 3 rings (SSSR count). The molecule has 3 heteroatoms. The van der Waals surface area contributed by atoms with Crippen molar-refractivity contribution in [2.24, 2.45) is 5.92 Å². The van der Waals surface area contributed by atoms with Gasteiger partial charge in [-0.3, -0.25) is 0 Å². The maximum atomic E-state index is 3.77. The van der Waals surface area contributed by atoms with Crippen molar-refractivity contribution < 1.29 is 0 Å². The predicted octanol–water partition coefficient (Wildman–Crippen LogP) is 4.02. The lowest BCUT2D eigenvalue weighted by molar-refractivity contribution is 0.245. The van der Waals surface area contributed by atoms with Gasteiger partial charge in [-0.2, -0.15) is 0 Å². The summed E-state index contributed by atoms with van der Waals surface area (Å²) in [5, 5.41) is 3.77. The SMILES string of the molecule is CC(CNC1CC(c2ccccc2Br)C1)CN1CCCC1. The fraction of sp³-hybridized carbons (Fsp3) is 0.667. The smallest absolute Gasteiger partial charge is 0.0210 e. The Balaban J connectivity index is 1.36. The summed E-state index contributed by atoms with van der Waals surface area (Å²) < 4.78 is 1.27. The molecule has 1 unspecified atom stereocenters. The first-order valence-corrected chi connectivity index (χ1v) is 9.22. The Morgan fingerprint density at radius 3 is 2.67 bits per heavy atom. The summed E-state index contributed by atoms with van der Waals surface area (Å²) in [6, 6.07) is 9.40. The zero-order chi connectivity index (χ0) is 14.7. The number of hydrogen-bond acceptors (Lipinski definition) is 2. The van der Waals surface area contributed by atoms with Crippen molar-refractivity contribution >= 4 is 15.9 Å². The summed E-state index contributed by atoms with van der Waals surface area (Å²) in [6.07, 6.45) is 5.38. The lowest BCUT2D eigenvalue weighted by Gasteiger charge is -2.37. The van der Waals surface area contributed by atoms with E-state index in [9.17, 15) is 0 Å². The molecule has 1 aliphatic heterocycles. The van der Waals surface area contributed by atoms with Crippen molar-refractivity contribution in [1.29, 1.82) is 0 Å². The number of benzene rings is 1. The highest BCUT2D eigenvalue weighted by Crippen LogP contribution is 2.39. The van der Waals surface area contributed by atoms with Gasteiger partial charge in [0.1, 0.15) is 0 Å². The quantitative estimate of drug-likeness (QED) is 0.833. The number of nitrogens with zero attached hydrogens (tertiary/aromatic N) is 1. The van der Waals surface area contributed by atoms with Crippen LogP contribution in [-0.4, -0.2) is 37.1 Å². The van der Waals surface area contributed by atoms with Crippen LogP contribution >= 0.6 is 15.9 Å². The molecule has 0 spiro atoms. The molecule has 1 saturated heterocycles. The van der Waals surface area contributed by atoms with Gasteiger partial charge in [-0.1, -0.05) is 41.1 Å². The molecular formula is C18H27BrN2. The van der Waals surface area contributed by atoms with Gasteiger partial charge in [0, 0.05) is 17.1 Å². The Labute approximate surface area is 137 Å². The van der Waals surface area contributed by atoms with Gasteiger partial charge in [-0.25, -0.2) is 0 Å². The van der Waals surface area contributed by atoms with Crippen LogP contribution < -0.4 is 5.32 Å². The van der Waals surface area contributed by atoms with E-state index < -0.39 is 0 Å². The second-order valence-corrected chi connectivity index (χ2v) is 7.76. The molecule has 1 aromatic rings. The normalized spacial score (nSPS) is 27.5. The van der Waals surface area contributed by atoms with Crippen LogP contribution in [0.1, 0.15) is 44.1 Å². The fourth-order valence-corrected chi connectivity index (χ4v) is 4.29. The van der Waals surface area contributed by atoms with Gasteiger partial charge < -0.3 is 10.2 Å². The standard InChI is InChI=1S/C18H27BrN2/c1-14(13-21-8-4-5-9-21)12-20-16-10-15(11-16)17-6-2-3-7-18(17)19/h2-3,6-7,14-16,20H,4-5,8-13H2,1H3. The summed E-state index contributed by atoms with van der Waals surface area (Å²) in [4.78, 5) is 2.62. The molecule has 0 radical (unpaired) electrons. The molecule has 1 aliphatic carbocycles. The molecule has 1 atom stereocenters. The zero-order valence-corrected chi connectivity index (χ0v) is 14.6. The molecule has 2 nitrogen and oxygen atoms in total. The van der Waals surface area contributed by atoms with Crippen LogP contribution in [0.25, 0.3) is 0 Å². The van der Waals surface area contributed by atoms with E-state index in [2.05, 4.69) is 57.3 Å². The van der Waals surface area contributed by atoms with Crippen LogP contribution in [0.15, 0.2) is 28.7 Å². The van der Waals surface area contributed by atoms with Gasteiger partial charge in [-0.15, -0.1) is 0 Å². The first-order valence-electron chi connectivity index (χ1n) is 8.42. The lowest BCUT2D eigenvalue weighted by atomic mass is 9.76. The Kier molecular flexibility index (Phi) is 5.36. The Bertz CT molecular complexity index is 450. The largest absolute Gasteiger partial charge is 0.314 e. The van der Waals surface area contributed by atoms with Gasteiger partial charge in [0.2, 0.25) is 0 Å². The third-order valence-electron chi connectivity index (χ3n) is 5.01. The Hall–Kier alpha value is -0.380. The molecule has 1 saturated carbocycles. The van der Waals surface area contributed by atoms with Crippen molar-refractivity contribution in [2.45, 2.75) is 44.6 Å². The number of rotatable bonds is 6. The van der Waals surface area contributed by atoms with Crippen LogP contribution in [0.2, 0.25) is 0 Å². The second-order valence-electron chi connectivity index (χ2n) is 6.91. The first kappa shape index (κ1) is 15.5. The molecule has 0 bridgehead atoms. The maximum absolute atomic E-state index is 3.77. The molecule has 2 aliphatic rings. The van der Waals surface area contributed by atoms with E-state index in [-0.39, 0.29) is 0 Å². The molecule has 1 aromatic carbocycles. The third kappa shape index (κ3) is 4.08. The molecule has 116 valence electrons. The predicted molar refractivity (Wildman–Crippen MR) is 92.7 cm³/mol. The minimum atomic E-state index is 0.725. The highest BCUT2D eigenvalue weighted by Gasteiger charge is 2.31. The van der Waals surface area contributed by atoms with E-state index in [0.29, 0.717) is 0 Å². The van der Waals surface area contributed by atoms with Gasteiger partial charge >= 0.3 is 0 Å². The fourth-order valence-electron chi connectivity index (χ4n) is 3.68. The molecule has 0 amide bonds. The molecule has 21 heavy (non-hydrogen) atoms. The van der Waals surface area contributed by atoms with E-state index in [1.807, 2.05) is 0 Å². The number of hydrogen-bond donors (Lipinski definition) is 1. The molecule has 0 aromatic heterocycles. The Morgan fingerprint density at radius 1 is 1.24 bits per heavy atom. The van der Waals surface area contributed by atoms with Crippen LogP contribution in [0, 0.1) is 5.92 Å². The zero-order valence-electron chi connectivity index (χ0n) is 13.0. The summed E-state index contributed by atoms with van der Waals surface area (Å²) in [6.45, 7) is 7.46. The summed E-state index contributed by atoms with van der Waals surface area (Å²) in [5.41, 5.74) is 1.49. The van der Waals surface area contributed by atoms with Gasteiger partial charge in [-0.05, 0) is 68.8 Å². The summed E-state index contributed by atoms with van der Waals surface area (Å²) >= 11 is 3.68. The van der Waals surface area contributed by atoms with Gasteiger partial charge in [0.15, 0.2) is 0 Å². The topological polar surface area (TPSA) is 15.3 Å². The van der Waals surface area contributed by atoms with E-state index in [4.69, 9.17) is 0 Å². The first-order chi connectivity index (χ1) is 10.2. The van der Waals surface area contributed by atoms with Crippen molar-refractivity contribution in [3.05, 3.63) is 34.3 Å². The average molecular weight is 351 g/mol. The van der Waals surface area contributed by atoms with Crippen molar-refractivity contribution in [3.8, 4) is 0 Å². The molecule has 2 fully saturated rings. The number of nitrogens with one attached hydrogen (secondary N) is 1. The van der Waals surface area contributed by atoms with Gasteiger partial charge in [0.05, 0.1) is 0 Å². The minimum absolute atomic E-state index is 0.725. The van der Waals surface area contributed by atoms with E-state index >= 15 is 0 Å². The monoisotopic (exact) mass is 350 g/mol. The van der Waals surface area contributed by atoms with Crippen LogP contribution in [0.3, 0.4) is 0 Å². The van der Waals surface area contributed by atoms with Crippen LogP contribution in [0.4, 0.5) is 0 Å². The lowest BCUT2D eigenvalue weighted by Crippen LogP contribution is -2.43. The van der Waals surface area contributed by atoms with E-state index in [0.717, 1.165) is 17.9 Å². The van der Waals surface area contributed by atoms with Gasteiger partial charge in [0.25, 0.3) is 0 Å². The molecule has 1 N–H and O–H groups in total. The minimum Gasteiger partial charge on any atom is -0.314 e. The summed E-state index contributed by atoms with van der Waals surface area (Å²) in [7, 11) is 0. The van der Waals surface area contributed by atoms with E-state index in [1.165, 1.54) is 61.9 Å². The number of likely N-dealkylation sites (tertiary alicyclic amines) is 1. The average Bonchev–Trinajstić information content (AvgIpc) is 2.91. The summed E-state index contributed by atoms with van der Waals surface area (Å²) in [5.74, 6) is 1.51. The van der Waals surface area contributed by atoms with E-state index in [1.54, 1.807) is 0 Å². The van der Waals surface area contributed by atoms with Crippen molar-refractivity contribution in [1.82, 2.24) is 10.2 Å². The number of halogens is 1. The van der Waals surface area contributed by atoms with Crippen LogP contribution in [-0.2, 0) is 0 Å². The van der Waals surface area contributed by atoms with Crippen molar-refractivity contribution in [2.75, 3.05) is 26.2 Å². The molecular weight excluding hydrogens is 324 g/mol. The molecule has 1 heterocycles. The highest BCUT2D eigenvalue weighted by molar-refractivity contribution is 9.10. The Morgan fingerprint density at radius 2 is 1.95 bits per heavy atom. The third-order valence-corrected chi connectivity index (χ3v) is 5.73.